The molecule has 0 aliphatic rings. The molecule has 16 heavy (non-hydrogen) atoms. The van der Waals surface area contributed by atoms with Gasteiger partial charge in [-0.2, -0.15) is 0 Å². The Labute approximate surface area is 107 Å². The summed E-state index contributed by atoms with van der Waals surface area (Å²) < 4.78 is 1.07. The Morgan fingerprint density at radius 1 is 1.25 bits per heavy atom. The third-order valence-corrected chi connectivity index (χ3v) is 4.04. The fourth-order valence-corrected chi connectivity index (χ4v) is 5.01. The highest BCUT2D eigenvalue weighted by atomic mass is 35.5. The van der Waals surface area contributed by atoms with Crippen molar-refractivity contribution in [3.63, 3.8) is 0 Å². The molecule has 1 rings (SSSR count). The molecule has 0 radical (unpaired) electrons. The second-order valence-electron chi connectivity index (χ2n) is 6.17. The Morgan fingerprint density at radius 2 is 1.88 bits per heavy atom. The van der Waals surface area contributed by atoms with Crippen molar-refractivity contribution in [1.29, 1.82) is 0 Å². The Bertz CT molecular complexity index is 307. The largest absolute Gasteiger partial charge is 1.00 e. The molecule has 1 aromatic heterocycles. The van der Waals surface area contributed by atoms with Gasteiger partial charge in [0.25, 0.3) is 0 Å². The van der Waals surface area contributed by atoms with Crippen LogP contribution >= 0.6 is 0 Å². The van der Waals surface area contributed by atoms with Crippen molar-refractivity contribution in [3.8, 4) is 0 Å². The molecule has 0 atom stereocenters. The van der Waals surface area contributed by atoms with Gasteiger partial charge in [0.05, 0.1) is 20.3 Å². The number of quaternary nitrogens is 1. The summed E-state index contributed by atoms with van der Waals surface area (Å²) in [5.74, 6) is 0. The SMILES string of the molecule is C[N+](C)(Cc1cccnc1)C[Si](C)(C)C.[Cl-]. The molecule has 0 spiro atoms. The molecule has 0 aliphatic carbocycles. The number of pyridine rings is 1. The summed E-state index contributed by atoms with van der Waals surface area (Å²) in [4.78, 5) is 4.17. The van der Waals surface area contributed by atoms with Crippen LogP contribution < -0.4 is 12.4 Å². The zero-order chi connectivity index (χ0) is 11.5. The Hall–Kier alpha value is -0.383. The topological polar surface area (TPSA) is 12.9 Å². The molecule has 92 valence electrons. The van der Waals surface area contributed by atoms with Crippen molar-refractivity contribution in [1.82, 2.24) is 4.98 Å². The molecule has 0 unspecified atom stereocenters. The average molecular weight is 259 g/mol. The molecule has 1 heterocycles. The van der Waals surface area contributed by atoms with Crippen LogP contribution in [0.4, 0.5) is 0 Å². The maximum absolute atomic E-state index is 4.17. The van der Waals surface area contributed by atoms with Crippen LogP contribution in [0.5, 0.6) is 0 Å². The first kappa shape index (κ1) is 15.6. The molecule has 0 N–H and O–H groups in total. The summed E-state index contributed by atoms with van der Waals surface area (Å²) >= 11 is 0. The third-order valence-electron chi connectivity index (χ3n) is 2.24. The van der Waals surface area contributed by atoms with Crippen molar-refractivity contribution in [2.24, 2.45) is 0 Å². The van der Waals surface area contributed by atoms with E-state index in [1.165, 1.54) is 11.7 Å². The molecule has 2 nitrogen and oxygen atoms in total. The first-order chi connectivity index (χ1) is 6.79. The van der Waals surface area contributed by atoms with E-state index < -0.39 is 8.07 Å². The van der Waals surface area contributed by atoms with E-state index in [2.05, 4.69) is 44.8 Å². The second kappa shape index (κ2) is 5.80. The lowest BCUT2D eigenvalue weighted by Gasteiger charge is -2.34. The first-order valence-electron chi connectivity index (χ1n) is 5.49. The van der Waals surface area contributed by atoms with Gasteiger partial charge in [-0.25, -0.2) is 0 Å². The summed E-state index contributed by atoms with van der Waals surface area (Å²) in [6.45, 7) is 8.36. The van der Waals surface area contributed by atoms with Crippen molar-refractivity contribution in [3.05, 3.63) is 30.1 Å². The van der Waals surface area contributed by atoms with Gasteiger partial charge in [-0.3, -0.25) is 4.98 Å². The van der Waals surface area contributed by atoms with Crippen LogP contribution in [0.1, 0.15) is 5.56 Å². The molecule has 1 aromatic rings. The van der Waals surface area contributed by atoms with Gasteiger partial charge in [0.15, 0.2) is 0 Å². The summed E-state index contributed by atoms with van der Waals surface area (Å²) in [5, 5.41) is 0. The van der Waals surface area contributed by atoms with Crippen LogP contribution in [0.25, 0.3) is 0 Å². The van der Waals surface area contributed by atoms with Crippen molar-refractivity contribution < 1.29 is 16.9 Å². The van der Waals surface area contributed by atoms with E-state index in [1.54, 1.807) is 0 Å². The Balaban J connectivity index is 0.00000225. The van der Waals surface area contributed by atoms with Gasteiger partial charge >= 0.3 is 0 Å². The second-order valence-corrected chi connectivity index (χ2v) is 11.6. The number of rotatable bonds is 4. The van der Waals surface area contributed by atoms with Crippen LogP contribution in [0, 0.1) is 0 Å². The van der Waals surface area contributed by atoms with Crippen molar-refractivity contribution in [2.75, 3.05) is 20.3 Å². The number of halogens is 1. The lowest BCUT2D eigenvalue weighted by Crippen LogP contribution is -3.00. The van der Waals surface area contributed by atoms with E-state index in [-0.39, 0.29) is 12.4 Å². The van der Waals surface area contributed by atoms with Gasteiger partial charge in [0.1, 0.15) is 14.6 Å². The van der Waals surface area contributed by atoms with Crippen molar-refractivity contribution in [2.45, 2.75) is 26.2 Å². The highest BCUT2D eigenvalue weighted by Gasteiger charge is 2.26. The van der Waals surface area contributed by atoms with Crippen LogP contribution in [0.2, 0.25) is 19.6 Å². The molecule has 0 saturated carbocycles. The fraction of sp³-hybridized carbons (Fsp3) is 0.583. The Kier molecular flexibility index (Phi) is 5.66. The maximum Gasteiger partial charge on any atom is 0.110 e. The average Bonchev–Trinajstić information content (AvgIpc) is 1.99. The first-order valence-corrected chi connectivity index (χ1v) is 9.20. The van der Waals surface area contributed by atoms with E-state index in [0.29, 0.717) is 0 Å². The number of nitrogens with zero attached hydrogens (tertiary/aromatic N) is 2. The van der Waals surface area contributed by atoms with E-state index in [9.17, 15) is 0 Å². The molecule has 0 aliphatic heterocycles. The summed E-state index contributed by atoms with van der Waals surface area (Å²) in [6.07, 6.45) is 5.12. The lowest BCUT2D eigenvalue weighted by molar-refractivity contribution is -0.894. The fourth-order valence-electron chi connectivity index (χ4n) is 2.33. The highest BCUT2D eigenvalue weighted by molar-refractivity contribution is 6.75. The van der Waals surface area contributed by atoms with Gasteiger partial charge in [0, 0.05) is 18.0 Å². The van der Waals surface area contributed by atoms with E-state index >= 15 is 0 Å². The van der Waals surface area contributed by atoms with E-state index in [4.69, 9.17) is 0 Å². The summed E-state index contributed by atoms with van der Waals surface area (Å²) in [6, 6.07) is 4.18. The molecule has 0 saturated heterocycles. The van der Waals surface area contributed by atoms with Crippen LogP contribution in [0.3, 0.4) is 0 Å². The third kappa shape index (κ3) is 6.25. The van der Waals surface area contributed by atoms with Crippen molar-refractivity contribution >= 4 is 8.07 Å². The van der Waals surface area contributed by atoms with Gasteiger partial charge < -0.3 is 16.9 Å². The highest BCUT2D eigenvalue weighted by Crippen LogP contribution is 2.13. The number of hydrogen-bond acceptors (Lipinski definition) is 1. The number of hydrogen-bond donors (Lipinski definition) is 0. The van der Waals surface area contributed by atoms with Gasteiger partial charge in [-0.1, -0.05) is 25.7 Å². The molecule has 0 amide bonds. The number of aromatic nitrogens is 1. The smallest absolute Gasteiger partial charge is 0.110 e. The predicted molar refractivity (Wildman–Crippen MR) is 68.3 cm³/mol. The van der Waals surface area contributed by atoms with Crippen LogP contribution in [-0.4, -0.2) is 37.8 Å². The zero-order valence-corrected chi connectivity index (χ0v) is 12.8. The monoisotopic (exact) mass is 258 g/mol. The van der Waals surface area contributed by atoms with Gasteiger partial charge in [0.2, 0.25) is 0 Å². The van der Waals surface area contributed by atoms with E-state index in [0.717, 1.165) is 11.0 Å². The minimum atomic E-state index is -0.995. The molecule has 0 bridgehead atoms. The lowest BCUT2D eigenvalue weighted by atomic mass is 10.2. The molecule has 0 aromatic carbocycles. The summed E-state index contributed by atoms with van der Waals surface area (Å²) in [7, 11) is 3.63. The van der Waals surface area contributed by atoms with Crippen LogP contribution in [-0.2, 0) is 6.54 Å². The standard InChI is InChI=1S/C12H23N2Si.ClH/c1-14(2,11-15(3,4)5)10-12-7-6-8-13-9-12;/h6-9H,10-11H2,1-5H3;1H/q+1;/p-1. The van der Waals surface area contributed by atoms with E-state index in [1.807, 2.05) is 18.5 Å². The van der Waals surface area contributed by atoms with Gasteiger partial charge in [-0.15, -0.1) is 0 Å². The minimum absolute atomic E-state index is 0. The molecule has 4 heteroatoms. The Morgan fingerprint density at radius 3 is 2.31 bits per heavy atom. The minimum Gasteiger partial charge on any atom is -1.00 e. The van der Waals surface area contributed by atoms with Crippen LogP contribution in [0.15, 0.2) is 24.5 Å². The molecular weight excluding hydrogens is 236 g/mol. The van der Waals surface area contributed by atoms with Gasteiger partial charge in [-0.05, 0) is 6.07 Å². The zero-order valence-electron chi connectivity index (χ0n) is 11.0. The quantitative estimate of drug-likeness (QED) is 0.526. The maximum atomic E-state index is 4.17. The normalized spacial score (nSPS) is 12.1. The molecule has 0 fully saturated rings. The molecular formula is C12H23ClN2Si. The predicted octanol–water partition coefficient (Wildman–Crippen LogP) is -0.461. The summed E-state index contributed by atoms with van der Waals surface area (Å²) in [5.41, 5.74) is 1.33.